The van der Waals surface area contributed by atoms with Gasteiger partial charge in [0.05, 0.1) is 0 Å². The summed E-state index contributed by atoms with van der Waals surface area (Å²) in [5.41, 5.74) is -0.0720. The number of rotatable bonds is 1. The van der Waals surface area contributed by atoms with E-state index >= 15 is 0 Å². The topological polar surface area (TPSA) is 62.2 Å². The van der Waals surface area contributed by atoms with Crippen LogP contribution in [0.2, 0.25) is 0 Å². The molecule has 5 heteroatoms. The third-order valence-electron chi connectivity index (χ3n) is 2.90. The van der Waals surface area contributed by atoms with Crippen LogP contribution in [0.5, 0.6) is 0 Å². The van der Waals surface area contributed by atoms with Crippen LogP contribution in [0.15, 0.2) is 48.7 Å². The minimum atomic E-state index is -1.47. The van der Waals surface area contributed by atoms with E-state index in [1.165, 1.54) is 6.20 Å². The van der Waals surface area contributed by atoms with Crippen molar-refractivity contribution in [1.29, 1.82) is 0 Å². The molecule has 1 unspecified atom stereocenters. The lowest BCUT2D eigenvalue weighted by Gasteiger charge is -2.23. The number of nitrogens with one attached hydrogen (secondary N) is 1. The fraction of sp³-hybridized carbons (Fsp3) is 0.0769. The molecule has 0 aliphatic carbocycles. The average molecular weight is 263 g/mol. The zero-order valence-corrected chi connectivity index (χ0v) is 10.1. The van der Waals surface area contributed by atoms with E-state index in [9.17, 15) is 9.90 Å². The Morgan fingerprint density at radius 1 is 1.11 bits per heavy atom. The molecule has 2 heterocycles. The van der Waals surface area contributed by atoms with E-state index in [1.807, 2.05) is 18.2 Å². The van der Waals surface area contributed by atoms with Crippen molar-refractivity contribution >= 4 is 18.3 Å². The predicted octanol–water partition coefficient (Wildman–Crippen LogP) is 1.44. The van der Waals surface area contributed by atoms with E-state index in [0.29, 0.717) is 11.1 Å². The van der Waals surface area contributed by atoms with Gasteiger partial charge in [-0.05, 0) is 12.1 Å². The molecule has 0 radical (unpaired) electrons. The first-order valence-electron chi connectivity index (χ1n) is 5.28. The number of benzene rings is 1. The average Bonchev–Trinajstić information content (AvgIpc) is 2.65. The number of aliphatic hydroxyl groups is 1. The van der Waals surface area contributed by atoms with Gasteiger partial charge in [0, 0.05) is 17.3 Å². The van der Waals surface area contributed by atoms with Crippen LogP contribution >= 0.6 is 12.4 Å². The highest BCUT2D eigenvalue weighted by molar-refractivity contribution is 5.98. The normalized spacial score (nSPS) is 20.8. The molecule has 1 atom stereocenters. The van der Waals surface area contributed by atoms with Crippen molar-refractivity contribution in [2.24, 2.45) is 0 Å². The zero-order valence-electron chi connectivity index (χ0n) is 9.33. The monoisotopic (exact) mass is 262 g/mol. The first-order valence-corrected chi connectivity index (χ1v) is 5.28. The van der Waals surface area contributed by atoms with E-state index in [1.54, 1.807) is 24.3 Å². The van der Waals surface area contributed by atoms with Gasteiger partial charge in [0.1, 0.15) is 5.69 Å². The van der Waals surface area contributed by atoms with Gasteiger partial charge in [0.25, 0.3) is 5.91 Å². The summed E-state index contributed by atoms with van der Waals surface area (Å²) >= 11 is 0. The van der Waals surface area contributed by atoms with Crippen LogP contribution in [0.1, 0.15) is 21.6 Å². The number of nitrogens with zero attached hydrogens (tertiary/aromatic N) is 1. The Morgan fingerprint density at radius 3 is 2.56 bits per heavy atom. The SMILES string of the molecule is Cl.O=C1NC(O)(c2ccccc2)c2cccnc21. The maximum absolute atomic E-state index is 11.7. The standard InChI is InChI=1S/C13H10N2O2.ClH/c16-12-11-10(7-4-8-14-11)13(17,15-12)9-5-2-1-3-6-9;/h1-8,17H,(H,15,16);1H. The van der Waals surface area contributed by atoms with Crippen LogP contribution in [0.3, 0.4) is 0 Å². The maximum Gasteiger partial charge on any atom is 0.273 e. The van der Waals surface area contributed by atoms with Crippen molar-refractivity contribution in [2.75, 3.05) is 0 Å². The smallest absolute Gasteiger partial charge is 0.273 e. The van der Waals surface area contributed by atoms with Gasteiger partial charge >= 0.3 is 0 Å². The molecule has 4 nitrogen and oxygen atoms in total. The first kappa shape index (κ1) is 12.5. The Morgan fingerprint density at radius 2 is 1.83 bits per heavy atom. The molecule has 1 aromatic heterocycles. The highest BCUT2D eigenvalue weighted by Gasteiger charge is 2.43. The Balaban J connectivity index is 0.00000120. The molecule has 0 spiro atoms. The molecule has 18 heavy (non-hydrogen) atoms. The van der Waals surface area contributed by atoms with Crippen molar-refractivity contribution in [3.05, 3.63) is 65.5 Å². The van der Waals surface area contributed by atoms with Crippen molar-refractivity contribution in [1.82, 2.24) is 10.3 Å². The third kappa shape index (κ3) is 1.66. The molecule has 92 valence electrons. The molecule has 1 amide bonds. The second kappa shape index (κ2) is 4.40. The summed E-state index contributed by atoms with van der Waals surface area (Å²) in [7, 11) is 0. The van der Waals surface area contributed by atoms with Crippen LogP contribution in [0.25, 0.3) is 0 Å². The molecule has 0 saturated heterocycles. The Labute approximate surface area is 110 Å². The molecule has 1 aromatic carbocycles. The molecular weight excluding hydrogens is 252 g/mol. The largest absolute Gasteiger partial charge is 0.363 e. The van der Waals surface area contributed by atoms with Crippen molar-refractivity contribution in [3.8, 4) is 0 Å². The van der Waals surface area contributed by atoms with Gasteiger partial charge < -0.3 is 10.4 Å². The summed E-state index contributed by atoms with van der Waals surface area (Å²) in [6, 6.07) is 12.4. The third-order valence-corrected chi connectivity index (χ3v) is 2.90. The number of hydrogen-bond donors (Lipinski definition) is 2. The van der Waals surface area contributed by atoms with Crippen molar-refractivity contribution in [3.63, 3.8) is 0 Å². The molecule has 3 rings (SSSR count). The van der Waals surface area contributed by atoms with Gasteiger partial charge in [-0.1, -0.05) is 30.3 Å². The van der Waals surface area contributed by atoms with Gasteiger partial charge in [-0.2, -0.15) is 0 Å². The molecule has 1 aliphatic heterocycles. The van der Waals surface area contributed by atoms with Crippen LogP contribution < -0.4 is 5.32 Å². The Bertz CT molecular complexity index is 589. The molecule has 0 bridgehead atoms. The van der Waals surface area contributed by atoms with E-state index < -0.39 is 5.72 Å². The second-order valence-electron chi connectivity index (χ2n) is 3.93. The minimum absolute atomic E-state index is 0. The number of carbonyl (C=O) groups is 1. The molecule has 2 aromatic rings. The predicted molar refractivity (Wildman–Crippen MR) is 68.4 cm³/mol. The number of aromatic nitrogens is 1. The van der Waals surface area contributed by atoms with Gasteiger partial charge in [-0.3, -0.25) is 9.78 Å². The number of hydrogen-bond acceptors (Lipinski definition) is 3. The van der Waals surface area contributed by atoms with Gasteiger partial charge in [-0.25, -0.2) is 0 Å². The number of pyridine rings is 1. The second-order valence-corrected chi connectivity index (χ2v) is 3.93. The number of carbonyl (C=O) groups excluding carboxylic acids is 1. The van der Waals surface area contributed by atoms with E-state index in [2.05, 4.69) is 10.3 Å². The summed E-state index contributed by atoms with van der Waals surface area (Å²) in [6.45, 7) is 0. The van der Waals surface area contributed by atoms with Crippen molar-refractivity contribution in [2.45, 2.75) is 5.72 Å². The van der Waals surface area contributed by atoms with Gasteiger partial charge in [-0.15, -0.1) is 12.4 Å². The lowest BCUT2D eigenvalue weighted by molar-refractivity contribution is 0.0476. The molecule has 2 N–H and O–H groups in total. The lowest BCUT2D eigenvalue weighted by atomic mass is 9.97. The summed E-state index contributed by atoms with van der Waals surface area (Å²) in [4.78, 5) is 15.7. The highest BCUT2D eigenvalue weighted by atomic mass is 35.5. The Hall–Kier alpha value is -1.91. The number of amides is 1. The lowest BCUT2D eigenvalue weighted by Crippen LogP contribution is -2.40. The molecule has 1 aliphatic rings. The van der Waals surface area contributed by atoms with Crippen molar-refractivity contribution < 1.29 is 9.90 Å². The van der Waals surface area contributed by atoms with E-state index in [0.717, 1.165) is 0 Å². The van der Waals surface area contributed by atoms with Crippen LogP contribution in [0.4, 0.5) is 0 Å². The molecule has 0 saturated carbocycles. The quantitative estimate of drug-likeness (QED) is 0.818. The molecular formula is C13H11ClN2O2. The zero-order chi connectivity index (χ0) is 11.9. The summed E-state index contributed by atoms with van der Waals surface area (Å²) in [6.07, 6.45) is 1.54. The van der Waals surface area contributed by atoms with Crippen LogP contribution in [-0.2, 0) is 5.72 Å². The van der Waals surface area contributed by atoms with E-state index in [4.69, 9.17) is 0 Å². The van der Waals surface area contributed by atoms with Crippen LogP contribution in [-0.4, -0.2) is 16.0 Å². The van der Waals surface area contributed by atoms with Gasteiger partial charge in [0.15, 0.2) is 5.72 Å². The summed E-state index contributed by atoms with van der Waals surface area (Å²) in [5.74, 6) is -0.355. The number of halogens is 1. The van der Waals surface area contributed by atoms with E-state index in [-0.39, 0.29) is 24.0 Å². The summed E-state index contributed by atoms with van der Waals surface area (Å²) in [5, 5.41) is 13.2. The van der Waals surface area contributed by atoms with Gasteiger partial charge in [0.2, 0.25) is 0 Å². The minimum Gasteiger partial charge on any atom is -0.363 e. The summed E-state index contributed by atoms with van der Waals surface area (Å²) < 4.78 is 0. The maximum atomic E-state index is 11.7. The fourth-order valence-electron chi connectivity index (χ4n) is 2.08. The fourth-order valence-corrected chi connectivity index (χ4v) is 2.08. The van der Waals surface area contributed by atoms with Crippen LogP contribution in [0, 0.1) is 0 Å². The highest BCUT2D eigenvalue weighted by Crippen LogP contribution is 2.33. The molecule has 0 fully saturated rings. The number of fused-ring (bicyclic) bond motifs is 1. The Kier molecular flexibility index (Phi) is 3.07. The first-order chi connectivity index (χ1) is 8.22.